The monoisotopic (exact) mass is 298 g/mol. The number of aromatic nitrogens is 3. The van der Waals surface area contributed by atoms with Gasteiger partial charge in [0.25, 0.3) is 0 Å². The average Bonchev–Trinajstić information content (AvgIpc) is 2.89. The summed E-state index contributed by atoms with van der Waals surface area (Å²) in [6.07, 6.45) is -0.519. The third-order valence-electron chi connectivity index (χ3n) is 2.62. The number of carboxylic acid groups (broad SMARTS) is 1. The Morgan fingerprint density at radius 2 is 1.90 bits per heavy atom. The van der Waals surface area contributed by atoms with Crippen molar-refractivity contribution in [3.63, 3.8) is 0 Å². The van der Waals surface area contributed by atoms with E-state index in [0.29, 0.717) is 6.08 Å². The van der Waals surface area contributed by atoms with E-state index in [9.17, 15) is 18.0 Å². The fourth-order valence-electron chi connectivity index (χ4n) is 1.68. The SMILES string of the molecule is Nc1c(/C=C/C(=O)O)cc(-n2cnnc2)cc1C(F)(F)F. The van der Waals surface area contributed by atoms with Gasteiger partial charge in [-0.1, -0.05) is 0 Å². The number of nitrogens with zero attached hydrogens (tertiary/aromatic N) is 3. The van der Waals surface area contributed by atoms with E-state index >= 15 is 0 Å². The predicted octanol–water partition coefficient (Wildman–Crippen LogP) is 1.97. The van der Waals surface area contributed by atoms with Crippen molar-refractivity contribution >= 4 is 17.7 Å². The van der Waals surface area contributed by atoms with Crippen LogP contribution in [0.1, 0.15) is 11.1 Å². The van der Waals surface area contributed by atoms with Crippen LogP contribution < -0.4 is 5.73 Å². The first-order valence-electron chi connectivity index (χ1n) is 5.56. The third kappa shape index (κ3) is 3.19. The second-order valence-electron chi connectivity index (χ2n) is 4.03. The molecule has 0 atom stereocenters. The minimum absolute atomic E-state index is 0.0593. The number of anilines is 1. The molecule has 21 heavy (non-hydrogen) atoms. The molecule has 1 heterocycles. The highest BCUT2D eigenvalue weighted by Crippen LogP contribution is 2.37. The molecule has 0 saturated carbocycles. The number of aliphatic carboxylic acids is 1. The van der Waals surface area contributed by atoms with Crippen LogP contribution in [0.2, 0.25) is 0 Å². The summed E-state index contributed by atoms with van der Waals surface area (Å²) < 4.78 is 40.2. The van der Waals surface area contributed by atoms with Gasteiger partial charge in [-0.05, 0) is 18.2 Å². The smallest absolute Gasteiger partial charge is 0.418 e. The molecule has 0 amide bonds. The Morgan fingerprint density at radius 1 is 1.29 bits per heavy atom. The maximum atomic E-state index is 13.0. The lowest BCUT2D eigenvalue weighted by atomic mass is 10.0. The number of nitrogen functional groups attached to an aromatic ring is 1. The van der Waals surface area contributed by atoms with E-state index < -0.39 is 23.4 Å². The minimum Gasteiger partial charge on any atom is -0.478 e. The summed E-state index contributed by atoms with van der Waals surface area (Å²) >= 11 is 0. The van der Waals surface area contributed by atoms with Crippen LogP contribution in [0.5, 0.6) is 0 Å². The van der Waals surface area contributed by atoms with Gasteiger partial charge in [0.2, 0.25) is 0 Å². The maximum absolute atomic E-state index is 13.0. The van der Waals surface area contributed by atoms with Crippen LogP contribution in [-0.4, -0.2) is 25.8 Å². The van der Waals surface area contributed by atoms with Gasteiger partial charge in [-0.3, -0.25) is 4.57 Å². The lowest BCUT2D eigenvalue weighted by Crippen LogP contribution is -2.11. The molecule has 0 fully saturated rings. The zero-order valence-corrected chi connectivity index (χ0v) is 10.4. The summed E-state index contributed by atoms with van der Waals surface area (Å²) in [5, 5.41) is 15.6. The maximum Gasteiger partial charge on any atom is 0.418 e. The fourth-order valence-corrected chi connectivity index (χ4v) is 1.68. The molecular formula is C12H9F3N4O2. The number of carbonyl (C=O) groups is 1. The molecule has 2 aromatic rings. The van der Waals surface area contributed by atoms with Crippen LogP contribution in [0, 0.1) is 0 Å². The van der Waals surface area contributed by atoms with E-state index in [1.165, 1.54) is 23.3 Å². The summed E-state index contributed by atoms with van der Waals surface area (Å²) in [5.74, 6) is -1.29. The van der Waals surface area contributed by atoms with Gasteiger partial charge in [-0.15, -0.1) is 10.2 Å². The van der Waals surface area contributed by atoms with E-state index in [1.807, 2.05) is 0 Å². The Bertz CT molecular complexity index is 693. The number of alkyl halides is 3. The Hall–Kier alpha value is -2.84. The second-order valence-corrected chi connectivity index (χ2v) is 4.03. The first-order chi connectivity index (χ1) is 9.79. The molecule has 0 aliphatic rings. The van der Waals surface area contributed by atoms with Gasteiger partial charge in [0, 0.05) is 17.3 Å². The number of carboxylic acids is 1. The molecule has 0 radical (unpaired) electrons. The molecule has 0 saturated heterocycles. The van der Waals surface area contributed by atoms with E-state index in [-0.39, 0.29) is 11.3 Å². The van der Waals surface area contributed by atoms with E-state index in [4.69, 9.17) is 10.8 Å². The summed E-state index contributed by atoms with van der Waals surface area (Å²) in [7, 11) is 0. The highest BCUT2D eigenvalue weighted by molar-refractivity contribution is 5.87. The Morgan fingerprint density at radius 3 is 2.43 bits per heavy atom. The van der Waals surface area contributed by atoms with Crippen molar-refractivity contribution in [1.29, 1.82) is 0 Å². The van der Waals surface area contributed by atoms with Crippen molar-refractivity contribution < 1.29 is 23.1 Å². The molecule has 3 N–H and O–H groups in total. The van der Waals surface area contributed by atoms with Crippen molar-refractivity contribution in [2.45, 2.75) is 6.18 Å². The van der Waals surface area contributed by atoms with Crippen molar-refractivity contribution in [3.05, 3.63) is 42.0 Å². The van der Waals surface area contributed by atoms with Gasteiger partial charge < -0.3 is 10.8 Å². The molecule has 0 aliphatic heterocycles. The number of halogens is 3. The molecule has 1 aromatic heterocycles. The van der Waals surface area contributed by atoms with Crippen molar-refractivity contribution in [1.82, 2.24) is 14.8 Å². The average molecular weight is 298 g/mol. The predicted molar refractivity (Wildman–Crippen MR) is 67.4 cm³/mol. The second kappa shape index (κ2) is 5.27. The molecule has 0 unspecified atom stereocenters. The van der Waals surface area contributed by atoms with Crippen molar-refractivity contribution in [3.8, 4) is 5.69 Å². The Kier molecular flexibility index (Phi) is 3.66. The van der Waals surface area contributed by atoms with E-state index in [0.717, 1.165) is 12.1 Å². The van der Waals surface area contributed by atoms with Crippen LogP contribution in [-0.2, 0) is 11.0 Å². The highest BCUT2D eigenvalue weighted by Gasteiger charge is 2.34. The van der Waals surface area contributed by atoms with Crippen LogP contribution in [0.25, 0.3) is 11.8 Å². The Balaban J connectivity index is 2.64. The zero-order chi connectivity index (χ0) is 15.6. The molecule has 9 heteroatoms. The number of nitrogens with two attached hydrogens (primary N) is 1. The van der Waals surface area contributed by atoms with Gasteiger partial charge in [0.1, 0.15) is 12.7 Å². The molecule has 2 rings (SSSR count). The standard InChI is InChI=1S/C12H9F3N4O2/c13-12(14,15)9-4-8(19-5-17-18-6-19)3-7(11(9)16)1-2-10(20)21/h1-6H,16H2,(H,20,21)/b2-1+. The largest absolute Gasteiger partial charge is 0.478 e. The summed E-state index contributed by atoms with van der Waals surface area (Å²) in [6.45, 7) is 0. The zero-order valence-electron chi connectivity index (χ0n) is 10.4. The first kappa shape index (κ1) is 14.6. The van der Waals surface area contributed by atoms with E-state index in [2.05, 4.69) is 10.2 Å². The molecule has 0 bridgehead atoms. The molecular weight excluding hydrogens is 289 g/mol. The summed E-state index contributed by atoms with van der Waals surface area (Å²) in [6, 6.07) is 2.16. The normalized spacial score (nSPS) is 12.0. The summed E-state index contributed by atoms with van der Waals surface area (Å²) in [5.41, 5.74) is 3.93. The number of hydrogen-bond acceptors (Lipinski definition) is 4. The van der Waals surface area contributed by atoms with Gasteiger partial charge in [-0.25, -0.2) is 4.79 Å². The van der Waals surface area contributed by atoms with Crippen LogP contribution in [0.4, 0.5) is 18.9 Å². The molecule has 6 nitrogen and oxygen atoms in total. The lowest BCUT2D eigenvalue weighted by Gasteiger charge is -2.14. The fraction of sp³-hybridized carbons (Fsp3) is 0.0833. The van der Waals surface area contributed by atoms with Crippen molar-refractivity contribution in [2.75, 3.05) is 5.73 Å². The summed E-state index contributed by atoms with van der Waals surface area (Å²) in [4.78, 5) is 10.5. The molecule has 1 aromatic carbocycles. The number of benzene rings is 1. The quantitative estimate of drug-likeness (QED) is 0.667. The number of hydrogen-bond donors (Lipinski definition) is 2. The van der Waals surface area contributed by atoms with Gasteiger partial charge >= 0.3 is 12.1 Å². The topological polar surface area (TPSA) is 94.0 Å². The van der Waals surface area contributed by atoms with Crippen LogP contribution in [0.15, 0.2) is 30.9 Å². The lowest BCUT2D eigenvalue weighted by molar-refractivity contribution is -0.137. The van der Waals surface area contributed by atoms with E-state index in [1.54, 1.807) is 0 Å². The van der Waals surface area contributed by atoms with Gasteiger partial charge in [-0.2, -0.15) is 13.2 Å². The molecule has 0 spiro atoms. The molecule has 110 valence electrons. The first-order valence-corrected chi connectivity index (χ1v) is 5.56. The molecule has 0 aliphatic carbocycles. The van der Waals surface area contributed by atoms with Crippen LogP contribution in [0.3, 0.4) is 0 Å². The number of rotatable bonds is 3. The van der Waals surface area contributed by atoms with Crippen LogP contribution >= 0.6 is 0 Å². The Labute approximate surface area is 116 Å². The van der Waals surface area contributed by atoms with Gasteiger partial charge in [0.15, 0.2) is 0 Å². The van der Waals surface area contributed by atoms with Crippen molar-refractivity contribution in [2.24, 2.45) is 0 Å². The minimum atomic E-state index is -4.67. The third-order valence-corrected chi connectivity index (χ3v) is 2.62. The highest BCUT2D eigenvalue weighted by atomic mass is 19.4. The van der Waals surface area contributed by atoms with Gasteiger partial charge in [0.05, 0.1) is 11.3 Å².